The average Bonchev–Trinajstić information content (AvgIpc) is 2.24. The van der Waals surface area contributed by atoms with Crippen molar-refractivity contribution in [1.82, 2.24) is 0 Å². The van der Waals surface area contributed by atoms with Crippen LogP contribution in [0, 0.1) is 6.92 Å². The Labute approximate surface area is 111 Å². The van der Waals surface area contributed by atoms with E-state index in [1.54, 1.807) is 6.92 Å². The summed E-state index contributed by atoms with van der Waals surface area (Å²) in [6, 6.07) is 1.46. The van der Waals surface area contributed by atoms with Crippen molar-refractivity contribution in [2.75, 3.05) is 5.73 Å². The normalized spacial score (nSPS) is 8.94. The number of nitrogens with two attached hydrogens (primary N) is 1. The predicted molar refractivity (Wildman–Crippen MR) is 76.0 cm³/mol. The number of anilines is 1. The van der Waals surface area contributed by atoms with Gasteiger partial charge in [0, 0.05) is 41.7 Å². The van der Waals surface area contributed by atoms with Gasteiger partial charge in [-0.15, -0.1) is 0 Å². The average molecular weight is 246 g/mol. The highest BCUT2D eigenvalue weighted by Crippen LogP contribution is 2.36. The molecule has 0 bridgehead atoms. The maximum Gasteiger partial charge on any atom is 0.157 e. The molecular weight excluding hydrogens is 239 g/mol. The Hall–Kier alpha value is -0.275. The van der Waals surface area contributed by atoms with Crippen molar-refractivity contribution in [3.05, 3.63) is 21.7 Å². The number of phenols is 1. The predicted octanol–water partition coefficient (Wildman–Crippen LogP) is 0.686. The molecule has 7 radical (unpaired) electrons. The van der Waals surface area contributed by atoms with Gasteiger partial charge in [-0.3, -0.25) is 0 Å². The Bertz CT molecular complexity index is 337. The van der Waals surface area contributed by atoms with Crippen LogP contribution in [0.15, 0.2) is 6.07 Å². The number of hydrogen-bond acceptors (Lipinski definition) is 2. The van der Waals surface area contributed by atoms with E-state index in [4.69, 9.17) is 52.1 Å². The summed E-state index contributed by atoms with van der Waals surface area (Å²) in [6.45, 7) is 1.72. The van der Waals surface area contributed by atoms with Crippen molar-refractivity contribution in [2.45, 2.75) is 6.92 Å². The van der Waals surface area contributed by atoms with Crippen LogP contribution < -0.4 is 5.73 Å². The number of aromatic hydroxyl groups is 1. The van der Waals surface area contributed by atoms with E-state index in [2.05, 4.69) is 0 Å². The molecule has 0 aromatic heterocycles. The summed E-state index contributed by atoms with van der Waals surface area (Å²) in [7, 11) is 15.8. The number of nitrogen functional groups attached to an aromatic ring is 1. The lowest BCUT2D eigenvalue weighted by atomic mass is 8.97. The van der Waals surface area contributed by atoms with Crippen LogP contribution in [0.5, 0.6) is 5.75 Å². The molecule has 0 fully saturated rings. The summed E-state index contributed by atoms with van der Waals surface area (Å²) in [4.78, 5) is 0. The monoisotopic (exact) mass is 246 g/mol. The van der Waals surface area contributed by atoms with Gasteiger partial charge in [-0.1, -0.05) is 23.2 Å². The summed E-state index contributed by atoms with van der Waals surface area (Å²) in [6.07, 6.45) is -0.463. The molecule has 1 rings (SSSR count). The fourth-order valence-corrected chi connectivity index (χ4v) is 1.20. The molecular formula is C7H7B5Cl2NO. The summed E-state index contributed by atoms with van der Waals surface area (Å²) < 4.78 is 0. The summed E-state index contributed by atoms with van der Waals surface area (Å²) in [5.74, 6) is -0.103. The first-order valence-corrected chi connectivity index (χ1v) is 5.06. The van der Waals surface area contributed by atoms with Crippen LogP contribution in [0.2, 0.25) is 10.0 Å². The second kappa shape index (κ2) is 7.13. The van der Waals surface area contributed by atoms with Crippen molar-refractivity contribution in [2.24, 2.45) is 0 Å². The summed E-state index contributed by atoms with van der Waals surface area (Å²) in [5.41, 5.74) is 6.35. The maximum atomic E-state index is 9.20. The van der Waals surface area contributed by atoms with E-state index in [1.165, 1.54) is 13.1 Å². The Morgan fingerprint density at radius 1 is 1.38 bits per heavy atom. The second-order valence-corrected chi connectivity index (χ2v) is 3.81. The largest absolute Gasteiger partial charge is 0.504 e. The van der Waals surface area contributed by atoms with E-state index in [0.29, 0.717) is 10.6 Å². The van der Waals surface area contributed by atoms with Crippen molar-refractivity contribution in [1.29, 1.82) is 0 Å². The zero-order valence-electron chi connectivity index (χ0n) is 8.74. The maximum absolute atomic E-state index is 9.20. The summed E-state index contributed by atoms with van der Waals surface area (Å²) in [5, 5.41) is 9.84. The molecule has 1 aromatic carbocycles. The minimum atomic E-state index is -0.463. The molecule has 0 aliphatic rings. The number of halogens is 2. The van der Waals surface area contributed by atoms with Crippen molar-refractivity contribution >= 4 is 65.5 Å². The molecule has 0 aliphatic heterocycles. The molecule has 1 aromatic rings. The van der Waals surface area contributed by atoms with Gasteiger partial charge in [0.15, 0.2) is 5.75 Å². The van der Waals surface area contributed by atoms with Crippen LogP contribution in [-0.4, -0.2) is 41.8 Å². The van der Waals surface area contributed by atoms with E-state index < -0.39 is 6.39 Å². The molecule has 2 nitrogen and oxygen atoms in total. The molecule has 0 saturated heterocycles. The topological polar surface area (TPSA) is 46.2 Å². The third-order valence-corrected chi connectivity index (χ3v) is 2.40. The van der Waals surface area contributed by atoms with Gasteiger partial charge in [0.1, 0.15) is 0 Å². The minimum absolute atomic E-state index is 0.103. The highest BCUT2D eigenvalue weighted by Gasteiger charge is 2.08. The van der Waals surface area contributed by atoms with E-state index in [-0.39, 0.29) is 16.5 Å². The number of rotatable bonds is 1. The molecule has 16 heavy (non-hydrogen) atoms. The first-order chi connectivity index (χ1) is 7.31. The van der Waals surface area contributed by atoms with E-state index in [0.717, 1.165) is 0 Å². The van der Waals surface area contributed by atoms with E-state index >= 15 is 0 Å². The van der Waals surface area contributed by atoms with Crippen LogP contribution in [0.1, 0.15) is 5.56 Å². The van der Waals surface area contributed by atoms with Crippen LogP contribution in [0.3, 0.4) is 0 Å². The molecule has 0 amide bonds. The van der Waals surface area contributed by atoms with Gasteiger partial charge in [0.2, 0.25) is 0 Å². The van der Waals surface area contributed by atoms with Gasteiger partial charge in [0.25, 0.3) is 0 Å². The second-order valence-electron chi connectivity index (χ2n) is 3.00. The Morgan fingerprint density at radius 3 is 2.19 bits per heavy atom. The molecule has 0 aliphatic carbocycles. The Balaban J connectivity index is 0.000000385. The first kappa shape index (κ1) is 15.7. The van der Waals surface area contributed by atoms with Crippen LogP contribution in [0.25, 0.3) is 0 Å². The standard InChI is InChI=1S/C7H7Cl2NO.B5/c1-3-4(8)2-5(9)7(11)6(3)10;1-4-5(2)3/h2,11H,10H2,1H3;. The van der Waals surface area contributed by atoms with Gasteiger partial charge in [0.05, 0.1) is 10.7 Å². The Morgan fingerprint density at radius 2 is 1.81 bits per heavy atom. The highest BCUT2D eigenvalue weighted by molar-refractivity contribution is 7.60. The first-order valence-electron chi connectivity index (χ1n) is 4.30. The smallest absolute Gasteiger partial charge is 0.157 e. The lowest BCUT2D eigenvalue weighted by Crippen LogP contribution is -2.23. The minimum Gasteiger partial charge on any atom is -0.504 e. The zero-order chi connectivity index (χ0) is 12.9. The van der Waals surface area contributed by atoms with Gasteiger partial charge < -0.3 is 10.8 Å². The third-order valence-electron chi connectivity index (χ3n) is 1.72. The molecule has 0 spiro atoms. The molecule has 75 valence electrons. The number of benzene rings is 1. The molecule has 9 heteroatoms. The quantitative estimate of drug-likeness (QED) is 0.435. The van der Waals surface area contributed by atoms with Crippen LogP contribution >= 0.6 is 23.2 Å². The number of hydrogen-bond donors (Lipinski definition) is 2. The lowest BCUT2D eigenvalue weighted by Gasteiger charge is -2.06. The molecule has 0 heterocycles. The van der Waals surface area contributed by atoms with Gasteiger partial charge >= 0.3 is 0 Å². The van der Waals surface area contributed by atoms with Gasteiger partial charge in [-0.2, -0.15) is 0 Å². The van der Waals surface area contributed by atoms with E-state index in [9.17, 15) is 5.11 Å². The van der Waals surface area contributed by atoms with Crippen molar-refractivity contribution in [3.63, 3.8) is 0 Å². The fourth-order valence-electron chi connectivity index (χ4n) is 0.723. The van der Waals surface area contributed by atoms with E-state index in [1.807, 2.05) is 0 Å². The lowest BCUT2D eigenvalue weighted by molar-refractivity contribution is 0.478. The zero-order valence-corrected chi connectivity index (χ0v) is 10.3. The molecule has 3 N–H and O–H groups in total. The fraction of sp³-hybridized carbons (Fsp3) is 0.143. The van der Waals surface area contributed by atoms with Crippen LogP contribution in [-0.2, 0) is 0 Å². The van der Waals surface area contributed by atoms with Gasteiger partial charge in [-0.25, -0.2) is 0 Å². The highest BCUT2D eigenvalue weighted by atomic mass is 35.5. The molecule has 0 unspecified atom stereocenters. The van der Waals surface area contributed by atoms with Crippen LogP contribution in [0.4, 0.5) is 5.69 Å². The third kappa shape index (κ3) is 4.71. The van der Waals surface area contributed by atoms with Gasteiger partial charge in [-0.05, 0) is 18.6 Å². The summed E-state index contributed by atoms with van der Waals surface area (Å²) >= 11 is 11.3. The SMILES string of the molecule is Cc1c(Cl)cc(Cl)c(O)c1N.[B][B]B([B])[B]. The molecule has 0 saturated carbocycles. The number of phenolic OH excluding ortho intramolecular Hbond substituents is 1. The molecule has 0 atom stereocenters. The van der Waals surface area contributed by atoms with Crippen molar-refractivity contribution in [3.8, 4) is 5.75 Å². The van der Waals surface area contributed by atoms with Crippen molar-refractivity contribution < 1.29 is 5.11 Å². The Kier molecular flexibility index (Phi) is 7.01.